The van der Waals surface area contributed by atoms with Crippen LogP contribution in [-0.4, -0.2) is 21.8 Å². The first-order chi connectivity index (χ1) is 13.3. The predicted octanol–water partition coefficient (Wildman–Crippen LogP) is 3.48. The van der Waals surface area contributed by atoms with Gasteiger partial charge < -0.3 is 10.1 Å². The van der Waals surface area contributed by atoms with Crippen LogP contribution in [0.4, 0.5) is 18.9 Å². The van der Waals surface area contributed by atoms with Crippen molar-refractivity contribution in [1.82, 2.24) is 9.55 Å². The number of benzene rings is 1. The van der Waals surface area contributed by atoms with Crippen LogP contribution in [0.3, 0.4) is 0 Å². The summed E-state index contributed by atoms with van der Waals surface area (Å²) in [6.45, 7) is -0.243. The highest BCUT2D eigenvalue weighted by Crippen LogP contribution is 2.34. The number of hydrogen-bond acceptors (Lipinski definition) is 5. The molecule has 0 unspecified atom stereocenters. The number of carbonyl (C=O) groups is 1. The molecule has 146 valence electrons. The van der Waals surface area contributed by atoms with E-state index in [1.54, 1.807) is 0 Å². The first-order valence-electron chi connectivity index (χ1n) is 8.45. The molecule has 1 aliphatic rings. The second-order valence-electron chi connectivity index (χ2n) is 6.34. The van der Waals surface area contributed by atoms with Gasteiger partial charge in [0.2, 0.25) is 5.91 Å². The number of nitrogens with zero attached hydrogens (tertiary/aromatic N) is 2. The molecule has 0 spiro atoms. The van der Waals surface area contributed by atoms with Gasteiger partial charge in [0, 0.05) is 10.6 Å². The summed E-state index contributed by atoms with van der Waals surface area (Å²) < 4.78 is 41.5. The molecule has 0 saturated carbocycles. The van der Waals surface area contributed by atoms with Gasteiger partial charge in [-0.25, -0.2) is 4.98 Å². The van der Waals surface area contributed by atoms with Crippen LogP contribution in [-0.2, 0) is 24.2 Å². The number of anilines is 1. The van der Waals surface area contributed by atoms with Gasteiger partial charge in [0.15, 0.2) is 0 Å². The molecule has 10 heteroatoms. The Morgan fingerprint density at radius 3 is 2.71 bits per heavy atom. The number of aryl methyl sites for hydroxylation is 2. The van der Waals surface area contributed by atoms with E-state index in [4.69, 9.17) is 0 Å². The number of halogens is 3. The molecule has 28 heavy (non-hydrogen) atoms. The Hall–Kier alpha value is -2.88. The number of carbonyl (C=O) groups excluding carboxylic acids is 1. The fourth-order valence-electron chi connectivity index (χ4n) is 3.23. The van der Waals surface area contributed by atoms with E-state index in [-0.39, 0.29) is 23.5 Å². The second kappa shape index (κ2) is 6.93. The zero-order valence-electron chi connectivity index (χ0n) is 14.4. The number of amides is 1. The van der Waals surface area contributed by atoms with Crippen molar-refractivity contribution in [3.05, 3.63) is 51.4 Å². The van der Waals surface area contributed by atoms with E-state index in [0.29, 0.717) is 10.2 Å². The number of alkyl halides is 3. The van der Waals surface area contributed by atoms with Gasteiger partial charge in [0.25, 0.3) is 5.56 Å². The monoisotopic (exact) mass is 409 g/mol. The summed E-state index contributed by atoms with van der Waals surface area (Å²) in [5.74, 6) is -0.873. The number of rotatable bonds is 4. The summed E-state index contributed by atoms with van der Waals surface area (Å²) in [6, 6.07) is 4.76. The van der Waals surface area contributed by atoms with Crippen LogP contribution in [0.1, 0.15) is 16.9 Å². The summed E-state index contributed by atoms with van der Waals surface area (Å²) >= 11 is 1.52. The Bertz CT molecular complexity index is 1100. The Labute approximate surface area is 160 Å². The molecule has 0 atom stereocenters. The molecule has 1 N–H and O–H groups in total. The molecule has 0 bridgehead atoms. The maximum Gasteiger partial charge on any atom is 0.573 e. The van der Waals surface area contributed by atoms with Crippen LogP contribution in [0.5, 0.6) is 5.75 Å². The molecule has 4 rings (SSSR count). The highest BCUT2D eigenvalue weighted by atomic mass is 32.1. The van der Waals surface area contributed by atoms with E-state index in [1.807, 2.05) is 0 Å². The molecule has 0 radical (unpaired) electrons. The number of aromatic nitrogens is 2. The largest absolute Gasteiger partial charge is 0.573 e. The van der Waals surface area contributed by atoms with Crippen molar-refractivity contribution in [2.75, 3.05) is 5.32 Å². The zero-order chi connectivity index (χ0) is 19.9. The van der Waals surface area contributed by atoms with Crippen molar-refractivity contribution in [2.45, 2.75) is 32.2 Å². The van der Waals surface area contributed by atoms with Gasteiger partial charge in [-0.2, -0.15) is 0 Å². The third-order valence-electron chi connectivity index (χ3n) is 4.38. The molecule has 0 fully saturated rings. The average molecular weight is 409 g/mol. The molecular weight excluding hydrogens is 395 g/mol. The molecular formula is C18H14F3N3O3S. The van der Waals surface area contributed by atoms with Crippen LogP contribution in [0, 0.1) is 0 Å². The highest BCUT2D eigenvalue weighted by Gasteiger charge is 2.31. The Morgan fingerprint density at radius 1 is 1.25 bits per heavy atom. The molecule has 2 aromatic heterocycles. The first kappa shape index (κ1) is 18.5. The Kier molecular flexibility index (Phi) is 4.58. The van der Waals surface area contributed by atoms with Crippen molar-refractivity contribution in [2.24, 2.45) is 0 Å². The summed E-state index contributed by atoms with van der Waals surface area (Å²) in [4.78, 5) is 31.1. The van der Waals surface area contributed by atoms with E-state index in [1.165, 1.54) is 39.2 Å². The topological polar surface area (TPSA) is 73.2 Å². The van der Waals surface area contributed by atoms with E-state index in [0.717, 1.165) is 37.0 Å². The lowest BCUT2D eigenvalue weighted by atomic mass is 10.2. The van der Waals surface area contributed by atoms with E-state index >= 15 is 0 Å². The Balaban J connectivity index is 1.48. The summed E-state index contributed by atoms with van der Waals surface area (Å²) in [7, 11) is 0. The average Bonchev–Trinajstić information content (AvgIpc) is 3.19. The number of fused-ring (bicyclic) bond motifs is 3. The van der Waals surface area contributed by atoms with Crippen molar-refractivity contribution in [3.63, 3.8) is 0 Å². The second-order valence-corrected chi connectivity index (χ2v) is 7.42. The fraction of sp³-hybridized carbons (Fsp3) is 0.278. The third-order valence-corrected chi connectivity index (χ3v) is 5.58. The van der Waals surface area contributed by atoms with Crippen molar-refractivity contribution < 1.29 is 22.7 Å². The van der Waals surface area contributed by atoms with Crippen molar-refractivity contribution >= 4 is 33.1 Å². The minimum absolute atomic E-state index is 0.243. The number of ether oxygens (including phenoxy) is 1. The van der Waals surface area contributed by atoms with Gasteiger partial charge in [0.1, 0.15) is 17.1 Å². The minimum atomic E-state index is -4.78. The molecule has 1 amide bonds. The fourth-order valence-corrected chi connectivity index (χ4v) is 4.45. The lowest BCUT2D eigenvalue weighted by Gasteiger charge is -2.10. The molecule has 0 aliphatic heterocycles. The lowest BCUT2D eigenvalue weighted by Crippen LogP contribution is -2.28. The van der Waals surface area contributed by atoms with E-state index in [9.17, 15) is 22.8 Å². The van der Waals surface area contributed by atoms with Gasteiger partial charge >= 0.3 is 6.36 Å². The molecule has 2 heterocycles. The number of nitrogens with one attached hydrogen (secondary N) is 1. The van der Waals surface area contributed by atoms with Crippen LogP contribution >= 0.6 is 11.3 Å². The van der Waals surface area contributed by atoms with Crippen molar-refractivity contribution in [1.29, 1.82) is 0 Å². The van der Waals surface area contributed by atoms with Gasteiger partial charge in [-0.3, -0.25) is 14.2 Å². The third kappa shape index (κ3) is 3.72. The van der Waals surface area contributed by atoms with E-state index < -0.39 is 12.3 Å². The first-order valence-corrected chi connectivity index (χ1v) is 9.27. The molecule has 3 aromatic rings. The van der Waals surface area contributed by atoms with Gasteiger partial charge in [-0.1, -0.05) is 0 Å². The number of thiophene rings is 1. The lowest BCUT2D eigenvalue weighted by molar-refractivity contribution is -0.274. The maximum atomic E-state index is 12.7. The predicted molar refractivity (Wildman–Crippen MR) is 97.7 cm³/mol. The van der Waals surface area contributed by atoms with Gasteiger partial charge in [-0.15, -0.1) is 24.5 Å². The SMILES string of the molecule is O=C(Cn1cnc2sc3c(c2c1=O)CCC3)Nc1ccc(OC(F)(F)F)cc1. The smallest absolute Gasteiger partial charge is 0.406 e. The standard InChI is InChI=1S/C18H14F3N3O3S/c19-18(20,21)27-11-6-4-10(5-7-11)23-14(25)8-24-9-22-16-15(17(24)26)12-2-1-3-13(12)28-16/h4-7,9H,1-3,8H2,(H,23,25). The minimum Gasteiger partial charge on any atom is -0.406 e. The van der Waals surface area contributed by atoms with Crippen LogP contribution < -0.4 is 15.6 Å². The van der Waals surface area contributed by atoms with Gasteiger partial charge in [-0.05, 0) is 49.1 Å². The molecule has 0 saturated heterocycles. The van der Waals surface area contributed by atoms with E-state index in [2.05, 4.69) is 15.0 Å². The summed E-state index contributed by atoms with van der Waals surface area (Å²) in [5.41, 5.74) is 1.07. The molecule has 1 aliphatic carbocycles. The van der Waals surface area contributed by atoms with Crippen LogP contribution in [0.25, 0.3) is 10.2 Å². The summed E-state index contributed by atoms with van der Waals surface area (Å²) in [5, 5.41) is 3.13. The van der Waals surface area contributed by atoms with Crippen molar-refractivity contribution in [3.8, 4) is 5.75 Å². The maximum absolute atomic E-state index is 12.7. The zero-order valence-corrected chi connectivity index (χ0v) is 15.2. The summed E-state index contributed by atoms with van der Waals surface area (Å²) in [6.07, 6.45) is -0.630. The Morgan fingerprint density at radius 2 is 2.00 bits per heavy atom. The molecule has 1 aromatic carbocycles. The normalized spacial score (nSPS) is 13.5. The molecule has 6 nitrogen and oxygen atoms in total. The highest BCUT2D eigenvalue weighted by molar-refractivity contribution is 7.18. The van der Waals surface area contributed by atoms with Crippen LogP contribution in [0.15, 0.2) is 35.4 Å². The number of hydrogen-bond donors (Lipinski definition) is 1. The van der Waals surface area contributed by atoms with Crippen LogP contribution in [0.2, 0.25) is 0 Å². The quantitative estimate of drug-likeness (QED) is 0.716. The van der Waals surface area contributed by atoms with Gasteiger partial charge in [0.05, 0.1) is 11.7 Å².